The van der Waals surface area contributed by atoms with E-state index in [1.54, 1.807) is 29.3 Å². The van der Waals surface area contributed by atoms with E-state index in [1.807, 2.05) is 36.4 Å². The molecule has 3 aromatic rings. The number of thioether (sulfide) groups is 1. The standard InChI is InChI=1S/C14H13N3S2/c15-9-13(10-5-3-4-8-16-10)19-14-17-11-6-1-2-7-12(11)18-14/h1-8,13H,9,15H2. The summed E-state index contributed by atoms with van der Waals surface area (Å²) in [4.78, 5) is 9.00. The van der Waals surface area contributed by atoms with Gasteiger partial charge in [-0.2, -0.15) is 0 Å². The van der Waals surface area contributed by atoms with Crippen LogP contribution in [-0.4, -0.2) is 16.5 Å². The van der Waals surface area contributed by atoms with Gasteiger partial charge in [-0.15, -0.1) is 11.3 Å². The summed E-state index contributed by atoms with van der Waals surface area (Å²) in [6.45, 7) is 0.553. The Bertz CT molecular complexity index is 634. The number of para-hydroxylation sites is 1. The van der Waals surface area contributed by atoms with Crippen molar-refractivity contribution < 1.29 is 0 Å². The lowest BCUT2D eigenvalue weighted by Gasteiger charge is -2.11. The highest BCUT2D eigenvalue weighted by Gasteiger charge is 2.15. The first-order valence-corrected chi connectivity index (χ1v) is 7.69. The number of hydrogen-bond acceptors (Lipinski definition) is 5. The van der Waals surface area contributed by atoms with Crippen molar-refractivity contribution in [3.8, 4) is 0 Å². The molecule has 2 N–H and O–H groups in total. The first kappa shape index (κ1) is 12.6. The molecule has 3 nitrogen and oxygen atoms in total. The molecule has 3 rings (SSSR count). The van der Waals surface area contributed by atoms with Crippen LogP contribution < -0.4 is 5.73 Å². The third-order valence-electron chi connectivity index (χ3n) is 2.75. The van der Waals surface area contributed by atoms with Gasteiger partial charge in [0.05, 0.1) is 21.2 Å². The third kappa shape index (κ3) is 2.78. The molecule has 0 fully saturated rings. The first-order valence-electron chi connectivity index (χ1n) is 6.00. The third-order valence-corrected chi connectivity index (χ3v) is 5.13. The molecule has 0 aliphatic carbocycles. The highest BCUT2D eigenvalue weighted by molar-refractivity contribution is 8.01. The molecule has 0 radical (unpaired) electrons. The Morgan fingerprint density at radius 2 is 2.00 bits per heavy atom. The Balaban J connectivity index is 1.86. The Morgan fingerprint density at radius 3 is 2.74 bits per heavy atom. The van der Waals surface area contributed by atoms with Crippen molar-refractivity contribution in [2.45, 2.75) is 9.59 Å². The number of benzene rings is 1. The van der Waals surface area contributed by atoms with Crippen molar-refractivity contribution in [3.63, 3.8) is 0 Å². The molecule has 2 aromatic heterocycles. The van der Waals surface area contributed by atoms with Crippen LogP contribution in [0.1, 0.15) is 10.9 Å². The SMILES string of the molecule is NCC(Sc1nc2ccccc2s1)c1ccccn1. The van der Waals surface area contributed by atoms with Gasteiger partial charge < -0.3 is 5.73 Å². The van der Waals surface area contributed by atoms with Crippen molar-refractivity contribution in [1.29, 1.82) is 0 Å². The number of nitrogens with zero attached hydrogens (tertiary/aromatic N) is 2. The van der Waals surface area contributed by atoms with Crippen molar-refractivity contribution >= 4 is 33.3 Å². The molecule has 1 unspecified atom stereocenters. The number of rotatable bonds is 4. The lowest BCUT2D eigenvalue weighted by molar-refractivity contribution is 0.897. The van der Waals surface area contributed by atoms with Gasteiger partial charge in [0.2, 0.25) is 0 Å². The van der Waals surface area contributed by atoms with Crippen molar-refractivity contribution in [2.75, 3.05) is 6.54 Å². The quantitative estimate of drug-likeness (QED) is 0.746. The molecule has 2 heterocycles. The number of hydrogen-bond donors (Lipinski definition) is 1. The van der Waals surface area contributed by atoms with Gasteiger partial charge in [0.25, 0.3) is 0 Å². The Labute approximate surface area is 119 Å². The fraction of sp³-hybridized carbons (Fsp3) is 0.143. The minimum atomic E-state index is 0.154. The second kappa shape index (κ2) is 5.69. The summed E-state index contributed by atoms with van der Waals surface area (Å²) < 4.78 is 2.25. The summed E-state index contributed by atoms with van der Waals surface area (Å²) in [7, 11) is 0. The van der Waals surface area contributed by atoms with Gasteiger partial charge in [0.15, 0.2) is 4.34 Å². The smallest absolute Gasteiger partial charge is 0.151 e. The molecule has 0 saturated carbocycles. The van der Waals surface area contributed by atoms with E-state index in [1.165, 1.54) is 4.70 Å². The predicted molar refractivity (Wildman–Crippen MR) is 81.5 cm³/mol. The van der Waals surface area contributed by atoms with Crippen LogP contribution >= 0.6 is 23.1 Å². The fourth-order valence-electron chi connectivity index (χ4n) is 1.82. The molecule has 19 heavy (non-hydrogen) atoms. The monoisotopic (exact) mass is 287 g/mol. The molecule has 0 aliphatic heterocycles. The van der Waals surface area contributed by atoms with Gasteiger partial charge in [-0.05, 0) is 24.3 Å². The van der Waals surface area contributed by atoms with Crippen LogP contribution in [0, 0.1) is 0 Å². The highest BCUT2D eigenvalue weighted by Crippen LogP contribution is 2.37. The number of nitrogens with two attached hydrogens (primary N) is 1. The normalized spacial score (nSPS) is 12.7. The topological polar surface area (TPSA) is 51.8 Å². The number of thiazole rings is 1. The van der Waals surface area contributed by atoms with E-state index in [-0.39, 0.29) is 5.25 Å². The van der Waals surface area contributed by atoms with E-state index < -0.39 is 0 Å². The number of aromatic nitrogens is 2. The first-order chi connectivity index (χ1) is 9.36. The van der Waals surface area contributed by atoms with E-state index in [0.29, 0.717) is 6.54 Å². The fourth-order valence-corrected chi connectivity index (χ4v) is 4.08. The van der Waals surface area contributed by atoms with Crippen LogP contribution in [0.25, 0.3) is 10.2 Å². The van der Waals surface area contributed by atoms with E-state index >= 15 is 0 Å². The Kier molecular flexibility index (Phi) is 3.77. The summed E-state index contributed by atoms with van der Waals surface area (Å²) in [6, 6.07) is 14.1. The Hall–Kier alpha value is -1.43. The average molecular weight is 287 g/mol. The maximum atomic E-state index is 5.86. The lowest BCUT2D eigenvalue weighted by Crippen LogP contribution is -2.10. The number of pyridine rings is 1. The Morgan fingerprint density at radius 1 is 1.16 bits per heavy atom. The predicted octanol–water partition coefficient (Wildman–Crippen LogP) is 3.48. The van der Waals surface area contributed by atoms with Gasteiger partial charge in [0.1, 0.15) is 0 Å². The molecular weight excluding hydrogens is 274 g/mol. The van der Waals surface area contributed by atoms with E-state index in [4.69, 9.17) is 5.73 Å². The molecule has 0 amide bonds. The molecule has 0 spiro atoms. The van der Waals surface area contributed by atoms with Crippen molar-refractivity contribution in [2.24, 2.45) is 5.73 Å². The maximum Gasteiger partial charge on any atom is 0.151 e. The van der Waals surface area contributed by atoms with E-state index in [9.17, 15) is 0 Å². The maximum absolute atomic E-state index is 5.86. The summed E-state index contributed by atoms with van der Waals surface area (Å²) in [5.74, 6) is 0. The number of fused-ring (bicyclic) bond motifs is 1. The molecule has 96 valence electrons. The van der Waals surface area contributed by atoms with Gasteiger partial charge in [-0.1, -0.05) is 30.0 Å². The summed E-state index contributed by atoms with van der Waals surface area (Å²) >= 11 is 3.39. The molecule has 0 aliphatic rings. The molecule has 5 heteroatoms. The van der Waals surface area contributed by atoms with Gasteiger partial charge in [-0.25, -0.2) is 4.98 Å². The molecular formula is C14H13N3S2. The zero-order valence-electron chi connectivity index (χ0n) is 10.2. The zero-order chi connectivity index (χ0) is 13.1. The second-order valence-corrected chi connectivity index (χ2v) is 6.52. The van der Waals surface area contributed by atoms with Crippen LogP contribution in [0.5, 0.6) is 0 Å². The van der Waals surface area contributed by atoms with Crippen LogP contribution in [0.4, 0.5) is 0 Å². The van der Waals surface area contributed by atoms with Crippen LogP contribution in [0.3, 0.4) is 0 Å². The lowest BCUT2D eigenvalue weighted by atomic mass is 10.3. The van der Waals surface area contributed by atoms with E-state index in [2.05, 4.69) is 16.0 Å². The minimum absolute atomic E-state index is 0.154. The molecule has 1 aromatic carbocycles. The van der Waals surface area contributed by atoms with Gasteiger partial charge in [0, 0.05) is 12.7 Å². The van der Waals surface area contributed by atoms with Crippen molar-refractivity contribution in [3.05, 3.63) is 54.4 Å². The minimum Gasteiger partial charge on any atom is -0.329 e. The molecule has 0 bridgehead atoms. The zero-order valence-corrected chi connectivity index (χ0v) is 11.8. The highest BCUT2D eigenvalue weighted by atomic mass is 32.2. The van der Waals surface area contributed by atoms with Crippen LogP contribution in [-0.2, 0) is 0 Å². The summed E-state index contributed by atoms with van der Waals surface area (Å²) in [5.41, 5.74) is 7.92. The van der Waals surface area contributed by atoms with Crippen LogP contribution in [0.2, 0.25) is 0 Å². The largest absolute Gasteiger partial charge is 0.329 e. The van der Waals surface area contributed by atoms with Crippen LogP contribution in [0.15, 0.2) is 53.0 Å². The van der Waals surface area contributed by atoms with Gasteiger partial charge >= 0.3 is 0 Å². The second-order valence-electron chi connectivity index (χ2n) is 4.04. The summed E-state index contributed by atoms with van der Waals surface area (Å²) in [5, 5.41) is 0.154. The molecule has 1 atom stereocenters. The van der Waals surface area contributed by atoms with Crippen molar-refractivity contribution in [1.82, 2.24) is 9.97 Å². The molecule has 0 saturated heterocycles. The van der Waals surface area contributed by atoms with Gasteiger partial charge in [-0.3, -0.25) is 4.98 Å². The summed E-state index contributed by atoms with van der Waals surface area (Å²) in [6.07, 6.45) is 1.80. The average Bonchev–Trinajstić information content (AvgIpc) is 2.88. The van der Waals surface area contributed by atoms with E-state index in [0.717, 1.165) is 15.6 Å².